The molecule has 0 fully saturated rings. The van der Waals surface area contributed by atoms with Crippen molar-refractivity contribution in [3.63, 3.8) is 0 Å². The standard InChI is InChI=1S/C27H34N4O4S/c1-17(2)23-11-20(21-14-28-27(33)29-15-21)12-24(18(3)4)25(23)13-26(32)30-36(34,35)22-9-7-19(8-10-22)16-31(5)6/h7-12,14-15,17-18H,13,16H2,1-6H3,(H,30,32)(H,28,29,33). The summed E-state index contributed by atoms with van der Waals surface area (Å²) in [6.07, 6.45) is 3.07. The fourth-order valence-electron chi connectivity index (χ4n) is 4.16. The average Bonchev–Trinajstić information content (AvgIpc) is 2.79. The van der Waals surface area contributed by atoms with Crippen LogP contribution in [0.5, 0.6) is 0 Å². The van der Waals surface area contributed by atoms with E-state index in [1.165, 1.54) is 18.3 Å². The van der Waals surface area contributed by atoms with Crippen molar-refractivity contribution in [1.82, 2.24) is 19.6 Å². The van der Waals surface area contributed by atoms with Gasteiger partial charge < -0.3 is 9.88 Å². The lowest BCUT2D eigenvalue weighted by atomic mass is 9.84. The lowest BCUT2D eigenvalue weighted by Crippen LogP contribution is -2.32. The molecule has 3 aromatic rings. The number of carbonyl (C=O) groups excluding carboxylic acids is 1. The molecule has 0 aliphatic carbocycles. The summed E-state index contributed by atoms with van der Waals surface area (Å²) < 4.78 is 28.0. The van der Waals surface area contributed by atoms with Crippen molar-refractivity contribution in [3.8, 4) is 11.1 Å². The van der Waals surface area contributed by atoms with Crippen molar-refractivity contribution in [2.75, 3.05) is 14.1 Å². The van der Waals surface area contributed by atoms with E-state index in [4.69, 9.17) is 0 Å². The number of carbonyl (C=O) groups is 1. The van der Waals surface area contributed by atoms with Crippen molar-refractivity contribution in [2.45, 2.75) is 57.4 Å². The summed E-state index contributed by atoms with van der Waals surface area (Å²) in [5, 5.41) is 0. The van der Waals surface area contributed by atoms with Gasteiger partial charge in [-0.05, 0) is 65.9 Å². The Morgan fingerprint density at radius 3 is 2.06 bits per heavy atom. The van der Waals surface area contributed by atoms with Gasteiger partial charge in [0.2, 0.25) is 5.91 Å². The Hall–Kier alpha value is -3.30. The van der Waals surface area contributed by atoms with Crippen LogP contribution in [0.25, 0.3) is 11.1 Å². The van der Waals surface area contributed by atoms with Crippen molar-refractivity contribution >= 4 is 15.9 Å². The van der Waals surface area contributed by atoms with Crippen molar-refractivity contribution in [1.29, 1.82) is 0 Å². The second-order valence-electron chi connectivity index (χ2n) is 9.84. The number of nitrogens with one attached hydrogen (secondary N) is 2. The first-order valence-electron chi connectivity index (χ1n) is 11.9. The molecule has 0 radical (unpaired) electrons. The van der Waals surface area contributed by atoms with Crippen LogP contribution < -0.4 is 10.4 Å². The highest BCUT2D eigenvalue weighted by atomic mass is 32.2. The van der Waals surface area contributed by atoms with Gasteiger partial charge in [-0.3, -0.25) is 4.79 Å². The highest BCUT2D eigenvalue weighted by Gasteiger charge is 2.23. The Balaban J connectivity index is 1.91. The molecule has 0 saturated carbocycles. The normalized spacial score (nSPS) is 11.9. The summed E-state index contributed by atoms with van der Waals surface area (Å²) in [5.74, 6) is -0.418. The van der Waals surface area contributed by atoms with E-state index in [2.05, 4.69) is 14.7 Å². The SMILES string of the molecule is CC(C)c1cc(-c2cnc(=O)[nH]c2)cc(C(C)C)c1CC(=O)NS(=O)(=O)c1ccc(CN(C)C)cc1. The van der Waals surface area contributed by atoms with Gasteiger partial charge in [-0.15, -0.1) is 0 Å². The molecular weight excluding hydrogens is 476 g/mol. The van der Waals surface area contributed by atoms with Crippen molar-refractivity contribution in [3.05, 3.63) is 81.5 Å². The van der Waals surface area contributed by atoms with Crippen molar-refractivity contribution < 1.29 is 13.2 Å². The first kappa shape index (κ1) is 27.3. The number of hydrogen-bond acceptors (Lipinski definition) is 6. The number of aromatic nitrogens is 2. The number of sulfonamides is 1. The van der Waals surface area contributed by atoms with Crippen LogP contribution in [0.4, 0.5) is 0 Å². The third kappa shape index (κ3) is 6.67. The zero-order valence-electron chi connectivity index (χ0n) is 21.6. The molecule has 1 heterocycles. The molecule has 9 heteroatoms. The number of H-pyrrole nitrogens is 1. The van der Waals surface area contributed by atoms with Gasteiger partial charge >= 0.3 is 5.69 Å². The second kappa shape index (κ2) is 11.2. The van der Waals surface area contributed by atoms with Gasteiger partial charge in [0.1, 0.15) is 0 Å². The number of nitrogens with zero attached hydrogens (tertiary/aromatic N) is 2. The Kier molecular flexibility index (Phi) is 8.47. The zero-order chi connectivity index (χ0) is 26.6. The number of amides is 1. The lowest BCUT2D eigenvalue weighted by Gasteiger charge is -2.21. The Morgan fingerprint density at radius 2 is 1.58 bits per heavy atom. The van der Waals surface area contributed by atoms with Crippen molar-refractivity contribution in [2.24, 2.45) is 0 Å². The third-order valence-corrected chi connectivity index (χ3v) is 7.28. The predicted octanol–water partition coefficient (Wildman–Crippen LogP) is 3.79. The summed E-state index contributed by atoms with van der Waals surface area (Å²) in [7, 11) is -0.129. The summed E-state index contributed by atoms with van der Waals surface area (Å²) >= 11 is 0. The van der Waals surface area contributed by atoms with Crippen LogP contribution in [0.2, 0.25) is 0 Å². The molecule has 2 N–H and O–H groups in total. The van der Waals surface area contributed by atoms with Gasteiger partial charge in [0, 0.05) is 24.5 Å². The molecule has 0 aliphatic rings. The number of aromatic amines is 1. The largest absolute Gasteiger partial charge is 0.344 e. The minimum absolute atomic E-state index is 0.0486. The summed E-state index contributed by atoms with van der Waals surface area (Å²) in [5.41, 5.74) is 4.90. The molecule has 1 amide bonds. The molecule has 1 aromatic heterocycles. The molecule has 36 heavy (non-hydrogen) atoms. The van der Waals surface area contributed by atoms with E-state index in [0.717, 1.165) is 33.4 Å². The van der Waals surface area contributed by atoms with E-state index in [9.17, 15) is 18.0 Å². The minimum Gasteiger partial charge on any atom is -0.312 e. The Bertz CT molecular complexity index is 1340. The van der Waals surface area contributed by atoms with Crippen LogP contribution in [-0.4, -0.2) is 43.3 Å². The first-order chi connectivity index (χ1) is 16.9. The van der Waals surface area contributed by atoms with Gasteiger partial charge in [-0.1, -0.05) is 52.0 Å². The third-order valence-electron chi connectivity index (χ3n) is 5.89. The Morgan fingerprint density at radius 1 is 1.00 bits per heavy atom. The highest BCUT2D eigenvalue weighted by molar-refractivity contribution is 7.90. The quantitative estimate of drug-likeness (QED) is 0.453. The van der Waals surface area contributed by atoms with Crippen LogP contribution >= 0.6 is 0 Å². The van der Waals surface area contributed by atoms with E-state index in [1.807, 2.05) is 58.8 Å². The molecule has 8 nitrogen and oxygen atoms in total. The summed E-state index contributed by atoms with van der Waals surface area (Å²) in [6, 6.07) is 10.5. The van der Waals surface area contributed by atoms with E-state index >= 15 is 0 Å². The number of hydrogen-bond donors (Lipinski definition) is 2. The van der Waals surface area contributed by atoms with E-state index < -0.39 is 21.6 Å². The molecule has 2 aromatic carbocycles. The monoisotopic (exact) mass is 510 g/mol. The van der Waals surface area contributed by atoms with Gasteiger partial charge in [-0.2, -0.15) is 0 Å². The maximum atomic E-state index is 13.0. The van der Waals surface area contributed by atoms with Gasteiger partial charge in [0.05, 0.1) is 11.3 Å². The Labute approximate surface area is 212 Å². The maximum absolute atomic E-state index is 13.0. The van der Waals surface area contributed by atoms with Crippen LogP contribution in [-0.2, 0) is 27.8 Å². The average molecular weight is 511 g/mol. The van der Waals surface area contributed by atoms with Crippen LogP contribution in [0, 0.1) is 0 Å². The van der Waals surface area contributed by atoms with Crippen LogP contribution in [0.3, 0.4) is 0 Å². The number of benzene rings is 2. The van der Waals surface area contributed by atoms with E-state index in [1.54, 1.807) is 18.3 Å². The summed E-state index contributed by atoms with van der Waals surface area (Å²) in [4.78, 5) is 32.9. The van der Waals surface area contributed by atoms with E-state index in [0.29, 0.717) is 6.54 Å². The molecular formula is C27H34N4O4S. The van der Waals surface area contributed by atoms with Crippen LogP contribution in [0.1, 0.15) is 61.8 Å². The zero-order valence-corrected chi connectivity index (χ0v) is 22.4. The predicted molar refractivity (Wildman–Crippen MR) is 141 cm³/mol. The second-order valence-corrected chi connectivity index (χ2v) is 11.5. The minimum atomic E-state index is -4.00. The summed E-state index contributed by atoms with van der Waals surface area (Å²) in [6.45, 7) is 8.81. The molecule has 192 valence electrons. The first-order valence-corrected chi connectivity index (χ1v) is 13.4. The molecule has 0 atom stereocenters. The smallest absolute Gasteiger partial charge is 0.312 e. The molecule has 0 spiro atoms. The molecule has 0 aliphatic heterocycles. The highest BCUT2D eigenvalue weighted by Crippen LogP contribution is 2.33. The topological polar surface area (TPSA) is 112 Å². The fourth-order valence-corrected chi connectivity index (χ4v) is 5.15. The van der Waals surface area contributed by atoms with E-state index in [-0.39, 0.29) is 23.2 Å². The molecule has 0 bridgehead atoms. The van der Waals surface area contributed by atoms with Gasteiger partial charge in [0.25, 0.3) is 10.0 Å². The van der Waals surface area contributed by atoms with Gasteiger partial charge in [0.15, 0.2) is 0 Å². The fraction of sp³-hybridized carbons (Fsp3) is 0.370. The lowest BCUT2D eigenvalue weighted by molar-refractivity contribution is -0.118. The number of rotatable bonds is 9. The molecule has 0 unspecified atom stereocenters. The molecule has 0 saturated heterocycles. The maximum Gasteiger partial charge on any atom is 0.344 e. The molecule has 3 rings (SSSR count). The van der Waals surface area contributed by atoms with Crippen LogP contribution in [0.15, 0.2) is 58.5 Å². The van der Waals surface area contributed by atoms with Gasteiger partial charge in [-0.25, -0.2) is 22.9 Å².